The standard InChI is InChI=1S/C22H24N6S/c1-16-25-19(15-29-16)22-26-18(8-7-17-5-3-2-4-6-17)20-13-27(11-12-28(20)22)14-21-23-9-10-24-21/h2-6,9-10,15H,7-8,11-14H2,1H3,(H,23,24). The Hall–Kier alpha value is -2.77. The van der Waals surface area contributed by atoms with E-state index in [4.69, 9.17) is 9.97 Å². The predicted molar refractivity (Wildman–Crippen MR) is 115 cm³/mol. The maximum Gasteiger partial charge on any atom is 0.160 e. The Labute approximate surface area is 174 Å². The number of hydrogen-bond donors (Lipinski definition) is 1. The van der Waals surface area contributed by atoms with E-state index in [0.717, 1.165) is 61.4 Å². The molecular weight excluding hydrogens is 380 g/mol. The zero-order valence-corrected chi connectivity index (χ0v) is 17.3. The molecule has 0 saturated heterocycles. The molecule has 0 radical (unpaired) electrons. The van der Waals surface area contributed by atoms with Gasteiger partial charge in [-0.05, 0) is 25.3 Å². The normalized spacial score (nSPS) is 14.2. The summed E-state index contributed by atoms with van der Waals surface area (Å²) in [6, 6.07) is 10.7. The predicted octanol–water partition coefficient (Wildman–Crippen LogP) is 3.84. The first kappa shape index (κ1) is 18.3. The zero-order valence-electron chi connectivity index (χ0n) is 16.5. The van der Waals surface area contributed by atoms with Crippen molar-refractivity contribution in [1.82, 2.24) is 29.4 Å². The number of nitrogens with one attached hydrogen (secondary N) is 1. The Kier molecular flexibility index (Phi) is 4.99. The highest BCUT2D eigenvalue weighted by molar-refractivity contribution is 7.09. The van der Waals surface area contributed by atoms with Gasteiger partial charge < -0.3 is 9.55 Å². The highest BCUT2D eigenvalue weighted by Crippen LogP contribution is 2.28. The first-order valence-electron chi connectivity index (χ1n) is 10.0. The quantitative estimate of drug-likeness (QED) is 0.530. The van der Waals surface area contributed by atoms with E-state index in [1.165, 1.54) is 17.0 Å². The van der Waals surface area contributed by atoms with Crippen LogP contribution in [0.4, 0.5) is 0 Å². The number of thiazole rings is 1. The van der Waals surface area contributed by atoms with E-state index in [2.05, 4.69) is 62.1 Å². The molecule has 0 unspecified atom stereocenters. The molecule has 0 atom stereocenters. The fourth-order valence-corrected chi connectivity index (χ4v) is 4.58. The maximum atomic E-state index is 5.08. The summed E-state index contributed by atoms with van der Waals surface area (Å²) in [4.78, 5) is 19.8. The third-order valence-electron chi connectivity index (χ3n) is 5.44. The highest BCUT2D eigenvalue weighted by Gasteiger charge is 2.25. The fraction of sp³-hybridized carbons (Fsp3) is 0.318. The number of aromatic nitrogens is 5. The third kappa shape index (κ3) is 3.88. The van der Waals surface area contributed by atoms with E-state index in [1.54, 1.807) is 11.3 Å². The van der Waals surface area contributed by atoms with Gasteiger partial charge in [0.15, 0.2) is 5.82 Å². The van der Waals surface area contributed by atoms with Gasteiger partial charge in [-0.15, -0.1) is 11.3 Å². The van der Waals surface area contributed by atoms with Crippen LogP contribution in [0.25, 0.3) is 11.5 Å². The van der Waals surface area contributed by atoms with Crippen molar-refractivity contribution >= 4 is 11.3 Å². The van der Waals surface area contributed by atoms with Crippen molar-refractivity contribution < 1.29 is 0 Å². The van der Waals surface area contributed by atoms with E-state index < -0.39 is 0 Å². The largest absolute Gasteiger partial charge is 0.348 e. The monoisotopic (exact) mass is 404 g/mol. The number of H-pyrrole nitrogens is 1. The number of fused-ring (bicyclic) bond motifs is 1. The minimum atomic E-state index is 0.835. The Morgan fingerprint density at radius 3 is 2.76 bits per heavy atom. The first-order chi connectivity index (χ1) is 14.3. The number of benzene rings is 1. The molecule has 0 saturated carbocycles. The molecule has 4 heterocycles. The summed E-state index contributed by atoms with van der Waals surface area (Å²) in [6.07, 6.45) is 5.64. The molecule has 0 amide bonds. The van der Waals surface area contributed by atoms with E-state index in [1.807, 2.05) is 12.4 Å². The summed E-state index contributed by atoms with van der Waals surface area (Å²) in [5.74, 6) is 2.03. The summed E-state index contributed by atoms with van der Waals surface area (Å²) >= 11 is 1.69. The van der Waals surface area contributed by atoms with Crippen LogP contribution in [0, 0.1) is 6.92 Å². The minimum Gasteiger partial charge on any atom is -0.348 e. The van der Waals surface area contributed by atoms with Gasteiger partial charge in [-0.1, -0.05) is 30.3 Å². The molecular formula is C22H24N6S. The second-order valence-corrected chi connectivity index (χ2v) is 8.53. The average Bonchev–Trinajstić information content (AvgIpc) is 3.48. The molecule has 1 aliphatic rings. The lowest BCUT2D eigenvalue weighted by molar-refractivity contribution is 0.208. The topological polar surface area (TPSA) is 62.6 Å². The number of rotatable bonds is 6. The molecule has 6 nitrogen and oxygen atoms in total. The molecule has 0 spiro atoms. The van der Waals surface area contributed by atoms with Crippen molar-refractivity contribution in [3.8, 4) is 11.5 Å². The van der Waals surface area contributed by atoms with E-state index in [-0.39, 0.29) is 0 Å². The van der Waals surface area contributed by atoms with Gasteiger partial charge in [0.2, 0.25) is 0 Å². The van der Waals surface area contributed by atoms with Gasteiger partial charge in [0, 0.05) is 37.4 Å². The molecule has 1 N–H and O–H groups in total. The average molecular weight is 405 g/mol. The Balaban J connectivity index is 1.44. The molecule has 29 heavy (non-hydrogen) atoms. The van der Waals surface area contributed by atoms with Gasteiger partial charge >= 0.3 is 0 Å². The van der Waals surface area contributed by atoms with Crippen molar-refractivity contribution in [2.24, 2.45) is 0 Å². The number of nitrogens with zero attached hydrogens (tertiary/aromatic N) is 5. The third-order valence-corrected chi connectivity index (χ3v) is 6.21. The Morgan fingerprint density at radius 2 is 2.00 bits per heavy atom. The van der Waals surface area contributed by atoms with Crippen LogP contribution in [0.15, 0.2) is 48.1 Å². The van der Waals surface area contributed by atoms with Gasteiger partial charge in [-0.25, -0.2) is 15.0 Å². The van der Waals surface area contributed by atoms with Crippen molar-refractivity contribution in [3.63, 3.8) is 0 Å². The summed E-state index contributed by atoms with van der Waals surface area (Å²) < 4.78 is 2.38. The van der Waals surface area contributed by atoms with Crippen LogP contribution in [0.2, 0.25) is 0 Å². The summed E-state index contributed by atoms with van der Waals surface area (Å²) in [5.41, 5.74) is 4.86. The van der Waals surface area contributed by atoms with Gasteiger partial charge in [0.1, 0.15) is 11.5 Å². The highest BCUT2D eigenvalue weighted by atomic mass is 32.1. The van der Waals surface area contributed by atoms with Crippen molar-refractivity contribution in [2.45, 2.75) is 39.4 Å². The lowest BCUT2D eigenvalue weighted by Gasteiger charge is -2.28. The molecule has 4 aromatic rings. The molecule has 0 aliphatic carbocycles. The van der Waals surface area contributed by atoms with E-state index in [9.17, 15) is 0 Å². The van der Waals surface area contributed by atoms with Crippen LogP contribution >= 0.6 is 11.3 Å². The van der Waals surface area contributed by atoms with E-state index >= 15 is 0 Å². The number of aryl methyl sites for hydroxylation is 3. The van der Waals surface area contributed by atoms with Crippen LogP contribution in [0.5, 0.6) is 0 Å². The summed E-state index contributed by atoms with van der Waals surface area (Å²) in [6.45, 7) is 5.69. The first-order valence-corrected chi connectivity index (χ1v) is 10.9. The summed E-state index contributed by atoms with van der Waals surface area (Å²) in [7, 11) is 0. The van der Waals surface area contributed by atoms with Crippen LogP contribution < -0.4 is 0 Å². The van der Waals surface area contributed by atoms with Crippen LogP contribution in [-0.4, -0.2) is 35.9 Å². The van der Waals surface area contributed by atoms with Gasteiger partial charge in [-0.2, -0.15) is 0 Å². The number of imidazole rings is 2. The fourth-order valence-electron chi connectivity index (χ4n) is 3.99. The molecule has 3 aromatic heterocycles. The lowest BCUT2D eigenvalue weighted by Crippen LogP contribution is -2.34. The Morgan fingerprint density at radius 1 is 1.10 bits per heavy atom. The second-order valence-electron chi connectivity index (χ2n) is 7.46. The van der Waals surface area contributed by atoms with E-state index in [0.29, 0.717) is 0 Å². The van der Waals surface area contributed by atoms with Gasteiger partial charge in [0.05, 0.1) is 22.9 Å². The van der Waals surface area contributed by atoms with Crippen LogP contribution in [0.3, 0.4) is 0 Å². The molecule has 7 heteroatoms. The SMILES string of the molecule is Cc1nc(-c2nc(CCc3ccccc3)c3n2CCN(Cc2ncc[nH]2)C3)cs1. The van der Waals surface area contributed by atoms with Gasteiger partial charge in [0.25, 0.3) is 0 Å². The molecule has 5 rings (SSSR count). The molecule has 0 bridgehead atoms. The molecule has 1 aliphatic heterocycles. The number of aromatic amines is 1. The second kappa shape index (κ2) is 7.93. The Bertz CT molecular complexity index is 1080. The lowest BCUT2D eigenvalue weighted by atomic mass is 10.1. The summed E-state index contributed by atoms with van der Waals surface area (Å²) in [5, 5.41) is 3.21. The zero-order chi connectivity index (χ0) is 19.6. The molecule has 1 aromatic carbocycles. The minimum absolute atomic E-state index is 0.835. The van der Waals surface area contributed by atoms with Crippen molar-refractivity contribution in [3.05, 3.63) is 75.9 Å². The molecule has 0 fully saturated rings. The van der Waals surface area contributed by atoms with Crippen LogP contribution in [0.1, 0.15) is 27.8 Å². The van der Waals surface area contributed by atoms with Crippen LogP contribution in [-0.2, 0) is 32.5 Å². The van der Waals surface area contributed by atoms with Crippen molar-refractivity contribution in [1.29, 1.82) is 0 Å². The number of hydrogen-bond acceptors (Lipinski definition) is 5. The smallest absolute Gasteiger partial charge is 0.160 e. The molecule has 148 valence electrons. The maximum absolute atomic E-state index is 5.08. The van der Waals surface area contributed by atoms with Crippen molar-refractivity contribution in [2.75, 3.05) is 6.54 Å². The van der Waals surface area contributed by atoms with Gasteiger partial charge in [-0.3, -0.25) is 4.90 Å².